The first-order valence-corrected chi connectivity index (χ1v) is 5.79. The lowest BCUT2D eigenvalue weighted by molar-refractivity contribution is 0.0972. The summed E-state index contributed by atoms with van der Waals surface area (Å²) in [6, 6.07) is 11.0. The summed E-state index contributed by atoms with van der Waals surface area (Å²) in [7, 11) is 0. The van der Waals surface area contributed by atoms with E-state index in [1.165, 1.54) is 0 Å². The number of nitrogens with two attached hydrogens (primary N) is 1. The molecule has 0 bridgehead atoms. The van der Waals surface area contributed by atoms with Gasteiger partial charge in [0, 0.05) is 0 Å². The number of amides is 1. The Morgan fingerprint density at radius 3 is 2.89 bits per heavy atom. The number of carbonyl (C=O) groups excluding carboxylic acids is 1. The maximum Gasteiger partial charge on any atom is 0.284 e. The van der Waals surface area contributed by atoms with E-state index in [4.69, 9.17) is 10.2 Å². The first-order valence-electron chi connectivity index (χ1n) is 5.79. The number of nitrogens with one attached hydrogen (secondary N) is 2. The number of aromatic nitrogens is 2. The fraction of sp³-hybridized carbons (Fsp3) is 0.0769. The molecule has 0 aliphatic rings. The first kappa shape index (κ1) is 11.3. The van der Waals surface area contributed by atoms with Crippen LogP contribution in [0.4, 0.5) is 5.95 Å². The summed E-state index contributed by atoms with van der Waals surface area (Å²) in [5, 5.41) is 3.09. The fourth-order valence-corrected chi connectivity index (χ4v) is 1.81. The molecule has 6 heteroatoms. The van der Waals surface area contributed by atoms with Gasteiger partial charge in [-0.05, 0) is 24.3 Å². The zero-order valence-corrected chi connectivity index (χ0v) is 10.0. The van der Waals surface area contributed by atoms with Crippen LogP contribution < -0.4 is 11.1 Å². The highest BCUT2D eigenvalue weighted by Gasteiger charge is 2.07. The van der Waals surface area contributed by atoms with Crippen LogP contribution in [-0.2, 0) is 6.54 Å². The van der Waals surface area contributed by atoms with Crippen molar-refractivity contribution in [1.82, 2.24) is 9.97 Å². The molecule has 96 valence electrons. The highest BCUT2D eigenvalue weighted by atomic mass is 16.3. The zero-order valence-electron chi connectivity index (χ0n) is 10.0. The molecule has 6 nitrogen and oxygen atoms in total. The molecule has 3 aromatic rings. The van der Waals surface area contributed by atoms with Gasteiger partial charge >= 0.3 is 0 Å². The number of carbonyl (C=O) groups is 1. The number of fused-ring (bicyclic) bond motifs is 1. The van der Waals surface area contributed by atoms with Crippen LogP contribution in [0.3, 0.4) is 0 Å². The van der Waals surface area contributed by atoms with Crippen LogP contribution in [0.25, 0.3) is 11.0 Å². The van der Waals surface area contributed by atoms with E-state index in [9.17, 15) is 4.79 Å². The van der Waals surface area contributed by atoms with Gasteiger partial charge in [0.05, 0.1) is 17.6 Å². The topological polar surface area (TPSA) is 96.9 Å². The number of imidazole rings is 1. The number of H-pyrrole nitrogens is 1. The summed E-state index contributed by atoms with van der Waals surface area (Å²) in [6.45, 7) is 0.424. The third-order valence-electron chi connectivity index (χ3n) is 2.72. The molecule has 2 aromatic heterocycles. The Kier molecular flexibility index (Phi) is 2.68. The monoisotopic (exact) mass is 256 g/mol. The third kappa shape index (κ3) is 2.28. The van der Waals surface area contributed by atoms with Crippen LogP contribution in [0.1, 0.15) is 16.3 Å². The summed E-state index contributed by atoms with van der Waals surface area (Å²) < 4.78 is 5.26. The smallest absolute Gasteiger partial charge is 0.284 e. The fourth-order valence-electron chi connectivity index (χ4n) is 1.81. The molecule has 0 atom stereocenters. The number of nitrogens with zero attached hydrogens (tertiary/aromatic N) is 1. The molecule has 4 N–H and O–H groups in total. The number of rotatable bonds is 4. The number of hydrogen-bond donors (Lipinski definition) is 3. The lowest BCUT2D eigenvalue weighted by Gasteiger charge is -1.98. The van der Waals surface area contributed by atoms with E-state index in [1.807, 2.05) is 24.3 Å². The Balaban J connectivity index is 1.72. The zero-order chi connectivity index (χ0) is 13.2. The minimum Gasteiger partial charge on any atom is -0.454 e. The summed E-state index contributed by atoms with van der Waals surface area (Å²) in [6.07, 6.45) is 0. The van der Waals surface area contributed by atoms with Crippen molar-refractivity contribution >= 4 is 22.9 Å². The predicted octanol–water partition coefficient (Wildman–Crippen LogP) is 1.87. The normalized spacial score (nSPS) is 10.7. The minimum absolute atomic E-state index is 0.154. The van der Waals surface area contributed by atoms with Gasteiger partial charge in [-0.15, -0.1) is 0 Å². The van der Waals surface area contributed by atoms with Gasteiger partial charge in [-0.1, -0.05) is 12.1 Å². The third-order valence-corrected chi connectivity index (χ3v) is 2.72. The first-order chi connectivity index (χ1) is 9.22. The van der Waals surface area contributed by atoms with E-state index in [-0.39, 0.29) is 5.76 Å². The van der Waals surface area contributed by atoms with Crippen LogP contribution in [0.15, 0.2) is 40.8 Å². The molecule has 0 fully saturated rings. The molecule has 0 saturated carbocycles. The number of furan rings is 1. The van der Waals surface area contributed by atoms with Gasteiger partial charge in [-0.3, -0.25) is 4.79 Å². The van der Waals surface area contributed by atoms with Crippen LogP contribution in [-0.4, -0.2) is 15.9 Å². The van der Waals surface area contributed by atoms with Gasteiger partial charge in [-0.2, -0.15) is 0 Å². The number of para-hydroxylation sites is 2. The molecule has 0 saturated heterocycles. The molecule has 0 aliphatic heterocycles. The van der Waals surface area contributed by atoms with Crippen molar-refractivity contribution < 1.29 is 9.21 Å². The summed E-state index contributed by atoms with van der Waals surface area (Å²) >= 11 is 0. The predicted molar refractivity (Wildman–Crippen MR) is 70.6 cm³/mol. The second kappa shape index (κ2) is 4.49. The molecule has 1 aromatic carbocycles. The molecule has 0 radical (unpaired) electrons. The number of anilines is 1. The highest BCUT2D eigenvalue weighted by Crippen LogP contribution is 2.14. The van der Waals surface area contributed by atoms with E-state index in [2.05, 4.69) is 15.3 Å². The Morgan fingerprint density at radius 1 is 1.32 bits per heavy atom. The van der Waals surface area contributed by atoms with Gasteiger partial charge in [0.15, 0.2) is 5.76 Å². The molecule has 3 rings (SSSR count). The quantitative estimate of drug-likeness (QED) is 0.663. The van der Waals surface area contributed by atoms with Gasteiger partial charge in [-0.25, -0.2) is 4.98 Å². The largest absolute Gasteiger partial charge is 0.454 e. The van der Waals surface area contributed by atoms with Crippen molar-refractivity contribution in [2.24, 2.45) is 5.73 Å². The second-order valence-electron chi connectivity index (χ2n) is 4.09. The Labute approximate surface area is 108 Å². The van der Waals surface area contributed by atoms with Crippen molar-refractivity contribution in [2.75, 3.05) is 5.32 Å². The van der Waals surface area contributed by atoms with Crippen LogP contribution in [0.2, 0.25) is 0 Å². The SMILES string of the molecule is NC(=O)c1ccc(CNc2nc3ccccc3[nH]2)o1. The lowest BCUT2D eigenvalue weighted by Crippen LogP contribution is -2.09. The second-order valence-corrected chi connectivity index (χ2v) is 4.09. The van der Waals surface area contributed by atoms with E-state index in [0.29, 0.717) is 18.3 Å². The molecule has 0 unspecified atom stereocenters. The maximum atomic E-state index is 10.9. The minimum atomic E-state index is -0.574. The number of aromatic amines is 1. The molecular weight excluding hydrogens is 244 g/mol. The average Bonchev–Trinajstić information content (AvgIpc) is 3.02. The van der Waals surface area contributed by atoms with Gasteiger partial charge in [0.1, 0.15) is 5.76 Å². The molecule has 1 amide bonds. The van der Waals surface area contributed by atoms with Gasteiger partial charge in [0.25, 0.3) is 5.91 Å². The van der Waals surface area contributed by atoms with Crippen molar-refractivity contribution in [3.63, 3.8) is 0 Å². The molecule has 0 aliphatic carbocycles. The lowest BCUT2D eigenvalue weighted by atomic mass is 10.3. The molecule has 0 spiro atoms. The summed E-state index contributed by atoms with van der Waals surface area (Å²) in [5.41, 5.74) is 6.97. The van der Waals surface area contributed by atoms with Crippen molar-refractivity contribution in [3.05, 3.63) is 47.9 Å². The number of hydrogen-bond acceptors (Lipinski definition) is 4. The molecule has 2 heterocycles. The van der Waals surface area contributed by atoms with Crippen molar-refractivity contribution in [1.29, 1.82) is 0 Å². The maximum absolute atomic E-state index is 10.9. The Hall–Kier alpha value is -2.76. The number of primary amides is 1. The Morgan fingerprint density at radius 2 is 2.16 bits per heavy atom. The van der Waals surface area contributed by atoms with E-state index >= 15 is 0 Å². The van der Waals surface area contributed by atoms with E-state index in [1.54, 1.807) is 12.1 Å². The molecule has 19 heavy (non-hydrogen) atoms. The van der Waals surface area contributed by atoms with Crippen LogP contribution in [0.5, 0.6) is 0 Å². The molecular formula is C13H12N4O2. The summed E-state index contributed by atoms with van der Waals surface area (Å²) in [5.74, 6) is 0.851. The number of benzene rings is 1. The van der Waals surface area contributed by atoms with Crippen molar-refractivity contribution in [2.45, 2.75) is 6.54 Å². The van der Waals surface area contributed by atoms with Crippen LogP contribution >= 0.6 is 0 Å². The van der Waals surface area contributed by atoms with E-state index < -0.39 is 5.91 Å². The van der Waals surface area contributed by atoms with Gasteiger partial charge < -0.3 is 20.5 Å². The Bertz CT molecular complexity index is 696. The average molecular weight is 256 g/mol. The van der Waals surface area contributed by atoms with E-state index in [0.717, 1.165) is 11.0 Å². The van der Waals surface area contributed by atoms with Crippen LogP contribution in [0, 0.1) is 0 Å². The summed E-state index contributed by atoms with van der Waals surface area (Å²) in [4.78, 5) is 18.4. The standard InChI is InChI=1S/C13H12N4O2/c14-12(18)11-6-5-8(19-11)7-15-13-16-9-3-1-2-4-10(9)17-13/h1-6H,7H2,(H2,14,18)(H2,15,16,17). The van der Waals surface area contributed by atoms with Crippen molar-refractivity contribution in [3.8, 4) is 0 Å². The highest BCUT2D eigenvalue weighted by molar-refractivity contribution is 5.89. The van der Waals surface area contributed by atoms with Gasteiger partial charge in [0.2, 0.25) is 5.95 Å².